The molecule has 0 radical (unpaired) electrons. The number of nitrogens with one attached hydrogen (secondary N) is 1. The van der Waals surface area contributed by atoms with Crippen LogP contribution in [0.3, 0.4) is 0 Å². The first-order valence-corrected chi connectivity index (χ1v) is 8.63. The molecule has 1 aromatic carbocycles. The second-order valence-corrected chi connectivity index (χ2v) is 5.99. The van der Waals surface area contributed by atoms with Crippen molar-refractivity contribution in [1.82, 2.24) is 9.78 Å². The van der Waals surface area contributed by atoms with Crippen molar-refractivity contribution in [2.45, 2.75) is 33.2 Å². The van der Waals surface area contributed by atoms with Crippen LogP contribution in [0.15, 0.2) is 24.3 Å². The van der Waals surface area contributed by atoms with Gasteiger partial charge in [0.2, 0.25) is 5.91 Å². The minimum Gasteiger partial charge on any atom is -0.372 e. The van der Waals surface area contributed by atoms with Crippen LogP contribution in [0.25, 0.3) is 0 Å². The fraction of sp³-hybridized carbons (Fsp3) is 0.412. The van der Waals surface area contributed by atoms with Crippen molar-refractivity contribution in [1.29, 1.82) is 0 Å². The molecule has 1 N–H and O–H groups in total. The molecule has 0 fully saturated rings. The van der Waals surface area contributed by atoms with Crippen molar-refractivity contribution in [3.05, 3.63) is 40.7 Å². The normalized spacial score (nSPS) is 11.3. The van der Waals surface area contributed by atoms with Gasteiger partial charge in [0, 0.05) is 24.5 Å². The first kappa shape index (κ1) is 21.0. The zero-order valence-corrected chi connectivity index (χ0v) is 15.5. The summed E-state index contributed by atoms with van der Waals surface area (Å²) in [5.74, 6) is -0.688. The zero-order chi connectivity index (χ0) is 20.1. The summed E-state index contributed by atoms with van der Waals surface area (Å²) in [5, 5.41) is 5.06. The van der Waals surface area contributed by atoms with Crippen molar-refractivity contribution in [2.75, 3.05) is 23.3 Å². The van der Waals surface area contributed by atoms with Crippen LogP contribution >= 0.6 is 11.6 Å². The van der Waals surface area contributed by atoms with E-state index in [1.807, 2.05) is 26.0 Å². The van der Waals surface area contributed by atoms with Crippen LogP contribution in [-0.4, -0.2) is 28.8 Å². The summed E-state index contributed by atoms with van der Waals surface area (Å²) < 4.78 is 52.4. The molecule has 148 valence electrons. The van der Waals surface area contributed by atoms with E-state index in [1.54, 1.807) is 12.1 Å². The largest absolute Gasteiger partial charge is 0.372 e. The van der Waals surface area contributed by atoms with E-state index < -0.39 is 41.7 Å². The third-order valence-corrected chi connectivity index (χ3v) is 4.33. The summed E-state index contributed by atoms with van der Waals surface area (Å²) in [6.07, 6.45) is -6.26. The Hall–Kier alpha value is -2.29. The van der Waals surface area contributed by atoms with Gasteiger partial charge in [0.05, 0.1) is 5.02 Å². The van der Waals surface area contributed by atoms with Crippen molar-refractivity contribution in [3.8, 4) is 0 Å². The van der Waals surface area contributed by atoms with Gasteiger partial charge in [-0.25, -0.2) is 17.6 Å². The van der Waals surface area contributed by atoms with Gasteiger partial charge < -0.3 is 10.2 Å². The van der Waals surface area contributed by atoms with Crippen molar-refractivity contribution < 1.29 is 22.4 Å². The van der Waals surface area contributed by atoms with Crippen LogP contribution in [0.5, 0.6) is 0 Å². The number of carbonyl (C=O) groups excluding carboxylic acids is 1. The minimum atomic E-state index is -3.14. The highest BCUT2D eigenvalue weighted by molar-refractivity contribution is 6.32. The highest BCUT2D eigenvalue weighted by atomic mass is 35.5. The van der Waals surface area contributed by atoms with Crippen LogP contribution in [0.1, 0.15) is 38.1 Å². The SMILES string of the molecule is CCN(CC)c1ccc(NC(=O)Cn2nc(C(F)F)c(Cl)c2C(F)F)cc1. The number of benzene rings is 1. The quantitative estimate of drug-likeness (QED) is 0.634. The predicted molar refractivity (Wildman–Crippen MR) is 95.8 cm³/mol. The minimum absolute atomic E-state index is 0.446. The monoisotopic (exact) mass is 406 g/mol. The maximum atomic E-state index is 13.1. The maximum Gasteiger partial charge on any atom is 0.283 e. The third-order valence-electron chi connectivity index (χ3n) is 3.94. The van der Waals surface area contributed by atoms with Gasteiger partial charge in [-0.2, -0.15) is 5.10 Å². The van der Waals surface area contributed by atoms with Crippen LogP contribution in [0.4, 0.5) is 28.9 Å². The topological polar surface area (TPSA) is 50.2 Å². The molecule has 0 saturated carbocycles. The van der Waals surface area contributed by atoms with E-state index in [0.717, 1.165) is 18.8 Å². The molecule has 0 saturated heterocycles. The maximum absolute atomic E-state index is 13.1. The molecular weight excluding hydrogens is 388 g/mol. The molecule has 5 nitrogen and oxygen atoms in total. The zero-order valence-electron chi connectivity index (χ0n) is 14.7. The molecule has 0 unspecified atom stereocenters. The fourth-order valence-electron chi connectivity index (χ4n) is 2.62. The number of hydrogen-bond donors (Lipinski definition) is 1. The second kappa shape index (κ2) is 9.07. The lowest BCUT2D eigenvalue weighted by Gasteiger charge is -2.21. The van der Waals surface area contributed by atoms with Crippen LogP contribution < -0.4 is 10.2 Å². The van der Waals surface area contributed by atoms with Gasteiger partial charge in [0.15, 0.2) is 0 Å². The highest BCUT2D eigenvalue weighted by Gasteiger charge is 2.28. The van der Waals surface area contributed by atoms with Crippen molar-refractivity contribution >= 4 is 28.9 Å². The third kappa shape index (κ3) is 4.91. The molecule has 0 atom stereocenters. The fourth-order valence-corrected chi connectivity index (χ4v) is 2.92. The molecule has 2 aromatic rings. The Morgan fingerprint density at radius 3 is 2.22 bits per heavy atom. The first-order chi connectivity index (χ1) is 12.8. The van der Waals surface area contributed by atoms with E-state index in [0.29, 0.717) is 10.4 Å². The smallest absolute Gasteiger partial charge is 0.283 e. The number of alkyl halides is 4. The van der Waals surface area contributed by atoms with Gasteiger partial charge >= 0.3 is 0 Å². The van der Waals surface area contributed by atoms with E-state index in [4.69, 9.17) is 11.6 Å². The summed E-state index contributed by atoms with van der Waals surface area (Å²) >= 11 is 5.56. The Bertz CT molecular complexity index is 776. The van der Waals surface area contributed by atoms with E-state index >= 15 is 0 Å². The Kier molecular flexibility index (Phi) is 7.06. The van der Waals surface area contributed by atoms with Gasteiger partial charge in [0.25, 0.3) is 12.9 Å². The Morgan fingerprint density at radius 2 is 1.74 bits per heavy atom. The number of anilines is 2. The number of nitrogens with zero attached hydrogens (tertiary/aromatic N) is 3. The molecule has 2 rings (SSSR count). The second-order valence-electron chi connectivity index (χ2n) is 5.61. The van der Waals surface area contributed by atoms with Crippen LogP contribution in [-0.2, 0) is 11.3 Å². The molecule has 0 aliphatic rings. The lowest BCUT2D eigenvalue weighted by atomic mass is 10.2. The molecule has 0 spiro atoms. The van der Waals surface area contributed by atoms with Gasteiger partial charge in [-0.1, -0.05) is 11.6 Å². The number of aromatic nitrogens is 2. The molecule has 10 heteroatoms. The summed E-state index contributed by atoms with van der Waals surface area (Å²) in [4.78, 5) is 14.2. The average Bonchev–Trinajstić information content (AvgIpc) is 2.93. The molecule has 1 heterocycles. The van der Waals surface area contributed by atoms with E-state index in [9.17, 15) is 22.4 Å². The van der Waals surface area contributed by atoms with Gasteiger partial charge in [-0.15, -0.1) is 0 Å². The molecule has 27 heavy (non-hydrogen) atoms. The van der Waals surface area contributed by atoms with Crippen LogP contribution in [0, 0.1) is 0 Å². The standard InChI is InChI=1S/C17H19ClF4N4O/c1-3-25(4-2)11-7-5-10(6-8-11)23-12(27)9-26-15(17(21)22)13(18)14(24-26)16(19)20/h5-8,16-17H,3-4,9H2,1-2H3,(H,23,27). The summed E-state index contributed by atoms with van der Waals surface area (Å²) in [7, 11) is 0. The van der Waals surface area contributed by atoms with E-state index in [-0.39, 0.29) is 0 Å². The Morgan fingerprint density at radius 1 is 1.15 bits per heavy atom. The molecular formula is C17H19ClF4N4O. The average molecular weight is 407 g/mol. The Balaban J connectivity index is 2.13. The number of halogens is 5. The van der Waals surface area contributed by atoms with Crippen molar-refractivity contribution in [2.24, 2.45) is 0 Å². The van der Waals surface area contributed by atoms with Crippen LogP contribution in [0.2, 0.25) is 5.02 Å². The highest BCUT2D eigenvalue weighted by Crippen LogP contribution is 2.34. The molecule has 1 amide bonds. The van der Waals surface area contributed by atoms with E-state index in [1.165, 1.54) is 0 Å². The molecule has 0 aliphatic heterocycles. The molecule has 1 aromatic heterocycles. The summed E-state index contributed by atoms with van der Waals surface area (Å²) in [5.41, 5.74) is -0.456. The lowest BCUT2D eigenvalue weighted by molar-refractivity contribution is -0.117. The first-order valence-electron chi connectivity index (χ1n) is 8.25. The van der Waals surface area contributed by atoms with Gasteiger partial charge in [0.1, 0.15) is 17.9 Å². The number of amides is 1. The van der Waals surface area contributed by atoms with Crippen molar-refractivity contribution in [3.63, 3.8) is 0 Å². The number of hydrogen-bond acceptors (Lipinski definition) is 3. The Labute approximate surface area is 158 Å². The van der Waals surface area contributed by atoms with Gasteiger partial charge in [-0.05, 0) is 38.1 Å². The molecule has 0 aliphatic carbocycles. The molecule has 0 bridgehead atoms. The summed E-state index contributed by atoms with van der Waals surface area (Å²) in [6.45, 7) is 5.02. The number of rotatable bonds is 8. The lowest BCUT2D eigenvalue weighted by Crippen LogP contribution is -2.22. The number of carbonyl (C=O) groups is 1. The summed E-state index contributed by atoms with van der Waals surface area (Å²) in [6, 6.07) is 6.96. The van der Waals surface area contributed by atoms with E-state index in [2.05, 4.69) is 15.3 Å². The van der Waals surface area contributed by atoms with Gasteiger partial charge in [-0.3, -0.25) is 9.48 Å². The predicted octanol–water partition coefficient (Wildman–Crippen LogP) is 4.90.